The van der Waals surface area contributed by atoms with Crippen LogP contribution in [0.4, 0.5) is 0 Å². The van der Waals surface area contributed by atoms with Gasteiger partial charge in [0.1, 0.15) is 6.10 Å². The quantitative estimate of drug-likeness (QED) is 0.672. The van der Waals surface area contributed by atoms with E-state index in [4.69, 9.17) is 5.73 Å². The lowest BCUT2D eigenvalue weighted by atomic mass is 10.0. The zero-order valence-corrected chi connectivity index (χ0v) is 7.44. The fraction of sp³-hybridized carbons (Fsp3) is 0.625. The van der Waals surface area contributed by atoms with E-state index in [1.54, 1.807) is 10.7 Å². The third-order valence-electron chi connectivity index (χ3n) is 1.95. The molecule has 1 rings (SSSR count). The SMILES string of the molecule is CC(CN)C(O)c1ccn(C)n1. The maximum Gasteiger partial charge on any atom is 0.102 e. The highest BCUT2D eigenvalue weighted by Crippen LogP contribution is 2.18. The lowest BCUT2D eigenvalue weighted by Crippen LogP contribution is -2.19. The van der Waals surface area contributed by atoms with Gasteiger partial charge in [-0.3, -0.25) is 4.68 Å². The number of aromatic nitrogens is 2. The summed E-state index contributed by atoms with van der Waals surface area (Å²) in [6.07, 6.45) is 1.26. The molecule has 0 saturated carbocycles. The summed E-state index contributed by atoms with van der Waals surface area (Å²) in [5.74, 6) is 0.0555. The highest BCUT2D eigenvalue weighted by atomic mass is 16.3. The smallest absolute Gasteiger partial charge is 0.102 e. The molecule has 0 bridgehead atoms. The van der Waals surface area contributed by atoms with Gasteiger partial charge in [0.15, 0.2) is 0 Å². The van der Waals surface area contributed by atoms with Crippen molar-refractivity contribution >= 4 is 0 Å². The molecule has 0 aliphatic carbocycles. The summed E-state index contributed by atoms with van der Waals surface area (Å²) in [5.41, 5.74) is 6.11. The van der Waals surface area contributed by atoms with E-state index >= 15 is 0 Å². The molecule has 68 valence electrons. The average Bonchev–Trinajstić information content (AvgIpc) is 2.49. The van der Waals surface area contributed by atoms with E-state index in [9.17, 15) is 5.11 Å². The first-order valence-electron chi connectivity index (χ1n) is 4.03. The van der Waals surface area contributed by atoms with Crippen molar-refractivity contribution in [2.45, 2.75) is 13.0 Å². The molecule has 0 radical (unpaired) electrons. The average molecular weight is 169 g/mol. The van der Waals surface area contributed by atoms with Gasteiger partial charge in [-0.2, -0.15) is 5.10 Å². The van der Waals surface area contributed by atoms with E-state index in [1.807, 2.05) is 20.2 Å². The standard InChI is InChI=1S/C8H15N3O/c1-6(5-9)8(12)7-3-4-11(2)10-7/h3-4,6,8,12H,5,9H2,1-2H3. The number of hydrogen-bond donors (Lipinski definition) is 2. The van der Waals surface area contributed by atoms with Gasteiger partial charge in [0.05, 0.1) is 5.69 Å². The van der Waals surface area contributed by atoms with Crippen molar-refractivity contribution in [1.82, 2.24) is 9.78 Å². The summed E-state index contributed by atoms with van der Waals surface area (Å²) in [6, 6.07) is 1.80. The van der Waals surface area contributed by atoms with E-state index in [1.165, 1.54) is 0 Å². The topological polar surface area (TPSA) is 64.1 Å². The number of aryl methyl sites for hydroxylation is 1. The molecule has 0 saturated heterocycles. The van der Waals surface area contributed by atoms with Crippen LogP contribution in [-0.4, -0.2) is 21.4 Å². The van der Waals surface area contributed by atoms with Gasteiger partial charge < -0.3 is 10.8 Å². The van der Waals surface area contributed by atoms with Crippen LogP contribution in [0.15, 0.2) is 12.3 Å². The number of aliphatic hydroxyl groups is 1. The predicted molar refractivity (Wildman–Crippen MR) is 46.4 cm³/mol. The second-order valence-electron chi connectivity index (χ2n) is 3.07. The third-order valence-corrected chi connectivity index (χ3v) is 1.95. The molecule has 0 fully saturated rings. The molecule has 12 heavy (non-hydrogen) atoms. The Bertz CT molecular complexity index is 246. The summed E-state index contributed by atoms with van der Waals surface area (Å²) in [6.45, 7) is 2.37. The highest BCUT2D eigenvalue weighted by molar-refractivity contribution is 5.03. The predicted octanol–water partition coefficient (Wildman–Crippen LogP) is 0.0483. The molecule has 3 N–H and O–H groups in total. The third kappa shape index (κ3) is 1.84. The van der Waals surface area contributed by atoms with Gasteiger partial charge in [0.25, 0.3) is 0 Å². The highest BCUT2D eigenvalue weighted by Gasteiger charge is 2.16. The lowest BCUT2D eigenvalue weighted by Gasteiger charge is -2.13. The minimum Gasteiger partial charge on any atom is -0.386 e. The summed E-state index contributed by atoms with van der Waals surface area (Å²) >= 11 is 0. The maximum atomic E-state index is 9.65. The van der Waals surface area contributed by atoms with Crippen molar-refractivity contribution < 1.29 is 5.11 Å². The minimum absolute atomic E-state index is 0.0555. The van der Waals surface area contributed by atoms with Crippen molar-refractivity contribution in [3.63, 3.8) is 0 Å². The van der Waals surface area contributed by atoms with Crippen LogP contribution in [0.2, 0.25) is 0 Å². The molecule has 1 aromatic rings. The Morgan fingerprint density at radius 3 is 2.83 bits per heavy atom. The zero-order valence-electron chi connectivity index (χ0n) is 7.44. The van der Waals surface area contributed by atoms with Gasteiger partial charge in [-0.25, -0.2) is 0 Å². The molecule has 0 spiro atoms. The van der Waals surface area contributed by atoms with E-state index in [0.29, 0.717) is 12.2 Å². The number of nitrogens with two attached hydrogens (primary N) is 1. The summed E-state index contributed by atoms with van der Waals surface area (Å²) < 4.78 is 1.67. The van der Waals surface area contributed by atoms with Crippen LogP contribution in [0.25, 0.3) is 0 Å². The molecule has 0 amide bonds. The normalized spacial score (nSPS) is 16.0. The van der Waals surface area contributed by atoms with Gasteiger partial charge in [-0.05, 0) is 12.6 Å². The van der Waals surface area contributed by atoms with Crippen molar-refractivity contribution in [3.8, 4) is 0 Å². The first-order valence-corrected chi connectivity index (χ1v) is 4.03. The van der Waals surface area contributed by atoms with Crippen molar-refractivity contribution in [3.05, 3.63) is 18.0 Å². The molecule has 2 unspecified atom stereocenters. The lowest BCUT2D eigenvalue weighted by molar-refractivity contribution is 0.117. The molecule has 4 nitrogen and oxygen atoms in total. The van der Waals surface area contributed by atoms with Crippen LogP contribution in [0.3, 0.4) is 0 Å². The van der Waals surface area contributed by atoms with Crippen LogP contribution in [0.1, 0.15) is 18.7 Å². The Labute approximate surface area is 72.0 Å². The van der Waals surface area contributed by atoms with E-state index in [-0.39, 0.29) is 5.92 Å². The molecule has 0 aliphatic heterocycles. The van der Waals surface area contributed by atoms with Crippen LogP contribution in [0.5, 0.6) is 0 Å². The largest absolute Gasteiger partial charge is 0.386 e. The molecule has 1 aromatic heterocycles. The number of rotatable bonds is 3. The fourth-order valence-corrected chi connectivity index (χ4v) is 1.01. The Balaban J connectivity index is 2.70. The van der Waals surface area contributed by atoms with Crippen LogP contribution >= 0.6 is 0 Å². The molecular formula is C8H15N3O. The van der Waals surface area contributed by atoms with Crippen molar-refractivity contribution in [1.29, 1.82) is 0 Å². The van der Waals surface area contributed by atoms with Crippen LogP contribution < -0.4 is 5.73 Å². The molecule has 2 atom stereocenters. The Hall–Kier alpha value is -0.870. The zero-order chi connectivity index (χ0) is 9.14. The van der Waals surface area contributed by atoms with Gasteiger partial charge in [0, 0.05) is 19.2 Å². The van der Waals surface area contributed by atoms with E-state index in [2.05, 4.69) is 5.10 Å². The Morgan fingerprint density at radius 1 is 1.75 bits per heavy atom. The number of aliphatic hydroxyl groups excluding tert-OH is 1. The molecule has 1 heterocycles. The Kier molecular flexibility index (Phi) is 2.83. The first-order chi connectivity index (χ1) is 5.65. The van der Waals surface area contributed by atoms with Crippen LogP contribution in [0, 0.1) is 5.92 Å². The molecule has 4 heteroatoms. The summed E-state index contributed by atoms with van der Waals surface area (Å²) in [7, 11) is 1.82. The first kappa shape index (κ1) is 9.22. The van der Waals surface area contributed by atoms with Gasteiger partial charge in [-0.15, -0.1) is 0 Å². The van der Waals surface area contributed by atoms with Gasteiger partial charge >= 0.3 is 0 Å². The molecular weight excluding hydrogens is 154 g/mol. The van der Waals surface area contributed by atoms with Crippen molar-refractivity contribution in [2.75, 3.05) is 6.54 Å². The van der Waals surface area contributed by atoms with E-state index < -0.39 is 6.10 Å². The number of hydrogen-bond acceptors (Lipinski definition) is 3. The minimum atomic E-state index is -0.545. The molecule has 0 aromatic carbocycles. The van der Waals surface area contributed by atoms with Crippen molar-refractivity contribution in [2.24, 2.45) is 18.7 Å². The second kappa shape index (κ2) is 3.69. The fourth-order valence-electron chi connectivity index (χ4n) is 1.01. The monoisotopic (exact) mass is 169 g/mol. The maximum absolute atomic E-state index is 9.65. The van der Waals surface area contributed by atoms with Gasteiger partial charge in [-0.1, -0.05) is 6.92 Å². The van der Waals surface area contributed by atoms with Crippen LogP contribution in [-0.2, 0) is 7.05 Å². The number of nitrogens with zero attached hydrogens (tertiary/aromatic N) is 2. The summed E-state index contributed by atoms with van der Waals surface area (Å²) in [5, 5.41) is 13.7. The summed E-state index contributed by atoms with van der Waals surface area (Å²) in [4.78, 5) is 0. The molecule has 0 aliphatic rings. The Morgan fingerprint density at radius 2 is 2.42 bits per heavy atom. The van der Waals surface area contributed by atoms with Gasteiger partial charge in [0.2, 0.25) is 0 Å². The van der Waals surface area contributed by atoms with E-state index in [0.717, 1.165) is 0 Å². The second-order valence-corrected chi connectivity index (χ2v) is 3.07.